The number of carbonyl (C=O) groups excluding carboxylic acids is 1. The molecule has 2 aliphatic rings. The van der Waals surface area contributed by atoms with Gasteiger partial charge in [-0.2, -0.15) is 0 Å². The van der Waals surface area contributed by atoms with E-state index in [0.717, 1.165) is 17.8 Å². The SMILES string of the molecule is C=C(CC)N=C1c2cc3c(c(=O)n2CC1C)COC(=O)[C@]3(O)CC. The Labute approximate surface area is 140 Å². The number of fused-ring (bicyclic) bond motifs is 2. The van der Waals surface area contributed by atoms with Crippen LogP contribution in [0.2, 0.25) is 0 Å². The second-order valence-electron chi connectivity index (χ2n) is 6.45. The van der Waals surface area contributed by atoms with Crippen molar-refractivity contribution in [1.29, 1.82) is 0 Å². The fourth-order valence-electron chi connectivity index (χ4n) is 3.32. The minimum atomic E-state index is -1.78. The van der Waals surface area contributed by atoms with E-state index in [2.05, 4.69) is 11.6 Å². The molecule has 0 aliphatic carbocycles. The molecule has 24 heavy (non-hydrogen) atoms. The Bertz CT molecular complexity index is 821. The van der Waals surface area contributed by atoms with Crippen LogP contribution in [0.5, 0.6) is 0 Å². The Morgan fingerprint density at radius 1 is 1.50 bits per heavy atom. The van der Waals surface area contributed by atoms with Gasteiger partial charge >= 0.3 is 5.97 Å². The zero-order valence-electron chi connectivity index (χ0n) is 14.3. The fraction of sp³-hybridized carbons (Fsp3) is 0.500. The van der Waals surface area contributed by atoms with E-state index in [1.165, 1.54) is 0 Å². The van der Waals surface area contributed by atoms with E-state index >= 15 is 0 Å². The Kier molecular flexibility index (Phi) is 3.95. The fourth-order valence-corrected chi connectivity index (χ4v) is 3.32. The quantitative estimate of drug-likeness (QED) is 0.858. The second kappa shape index (κ2) is 5.70. The lowest BCUT2D eigenvalue weighted by atomic mass is 9.86. The van der Waals surface area contributed by atoms with E-state index < -0.39 is 11.6 Å². The van der Waals surface area contributed by atoms with Gasteiger partial charge in [0.1, 0.15) is 6.61 Å². The van der Waals surface area contributed by atoms with Crippen molar-refractivity contribution in [2.75, 3.05) is 0 Å². The second-order valence-corrected chi connectivity index (χ2v) is 6.45. The third kappa shape index (κ3) is 2.24. The lowest BCUT2D eigenvalue weighted by Crippen LogP contribution is -2.44. The molecule has 1 N–H and O–H groups in total. The van der Waals surface area contributed by atoms with Crippen molar-refractivity contribution in [2.45, 2.75) is 52.4 Å². The van der Waals surface area contributed by atoms with E-state index in [-0.39, 0.29) is 24.5 Å². The average molecular weight is 330 g/mol. The van der Waals surface area contributed by atoms with Gasteiger partial charge in [0.25, 0.3) is 5.56 Å². The van der Waals surface area contributed by atoms with Gasteiger partial charge in [0.15, 0.2) is 5.60 Å². The summed E-state index contributed by atoms with van der Waals surface area (Å²) in [5, 5.41) is 10.8. The number of rotatable bonds is 3. The third-order valence-electron chi connectivity index (χ3n) is 4.92. The number of pyridine rings is 1. The maximum absolute atomic E-state index is 12.8. The minimum absolute atomic E-state index is 0.0659. The number of hydrogen-bond acceptors (Lipinski definition) is 5. The van der Waals surface area contributed by atoms with Crippen LogP contribution in [0.25, 0.3) is 0 Å². The van der Waals surface area contributed by atoms with Crippen LogP contribution in [0.1, 0.15) is 50.4 Å². The Hall–Kier alpha value is -2.21. The number of esters is 1. The zero-order chi connectivity index (χ0) is 17.6. The van der Waals surface area contributed by atoms with Gasteiger partial charge in [0, 0.05) is 23.7 Å². The average Bonchev–Trinajstić information content (AvgIpc) is 2.88. The summed E-state index contributed by atoms with van der Waals surface area (Å²) >= 11 is 0. The summed E-state index contributed by atoms with van der Waals surface area (Å²) in [5.74, 6) is -0.638. The molecule has 0 saturated heterocycles. The highest BCUT2D eigenvalue weighted by Crippen LogP contribution is 2.35. The van der Waals surface area contributed by atoms with E-state index in [0.29, 0.717) is 23.4 Å². The van der Waals surface area contributed by atoms with Crippen LogP contribution in [-0.4, -0.2) is 21.4 Å². The minimum Gasteiger partial charge on any atom is -0.458 e. The van der Waals surface area contributed by atoms with Crippen LogP contribution >= 0.6 is 0 Å². The number of aromatic nitrogens is 1. The van der Waals surface area contributed by atoms with Crippen LogP contribution in [-0.2, 0) is 28.3 Å². The van der Waals surface area contributed by atoms with Gasteiger partial charge in [0.05, 0.1) is 17.0 Å². The van der Waals surface area contributed by atoms with Crippen molar-refractivity contribution in [1.82, 2.24) is 4.57 Å². The van der Waals surface area contributed by atoms with Gasteiger partial charge in [-0.3, -0.25) is 9.79 Å². The molecule has 1 unspecified atom stereocenters. The van der Waals surface area contributed by atoms with Crippen molar-refractivity contribution < 1.29 is 14.6 Å². The summed E-state index contributed by atoms with van der Waals surface area (Å²) in [6.07, 6.45) is 0.863. The molecule has 0 amide bonds. The van der Waals surface area contributed by atoms with Gasteiger partial charge in [-0.15, -0.1) is 0 Å². The standard InChI is InChI=1S/C18H22N2O4/c1-5-11(4)19-15-10(3)8-20-14(15)7-13-12(16(20)21)9-24-17(22)18(13,23)6-2/h7,10,23H,4-6,8-9H2,1-3H3/t10?,18-/m0/s1. The van der Waals surface area contributed by atoms with E-state index in [9.17, 15) is 14.7 Å². The molecule has 0 aromatic carbocycles. The summed E-state index contributed by atoms with van der Waals surface area (Å²) in [6, 6.07) is 1.73. The number of nitrogens with zero attached hydrogens (tertiary/aromatic N) is 2. The lowest BCUT2D eigenvalue weighted by molar-refractivity contribution is -0.172. The van der Waals surface area contributed by atoms with Crippen LogP contribution in [0, 0.1) is 5.92 Å². The first kappa shape index (κ1) is 16.6. The van der Waals surface area contributed by atoms with Gasteiger partial charge in [-0.25, -0.2) is 4.79 Å². The molecule has 0 bridgehead atoms. The number of allylic oxidation sites excluding steroid dienone is 1. The Morgan fingerprint density at radius 2 is 2.21 bits per heavy atom. The monoisotopic (exact) mass is 330 g/mol. The smallest absolute Gasteiger partial charge is 0.343 e. The van der Waals surface area contributed by atoms with Crippen LogP contribution in [0.4, 0.5) is 0 Å². The van der Waals surface area contributed by atoms with Crippen molar-refractivity contribution in [2.24, 2.45) is 10.9 Å². The zero-order valence-corrected chi connectivity index (χ0v) is 14.3. The molecule has 2 atom stereocenters. The van der Waals surface area contributed by atoms with E-state index in [1.807, 2.05) is 13.8 Å². The first-order valence-corrected chi connectivity index (χ1v) is 8.27. The molecule has 1 aromatic heterocycles. The Balaban J connectivity index is 2.26. The molecule has 6 heteroatoms. The predicted octanol–water partition coefficient (Wildman–Crippen LogP) is 1.87. The van der Waals surface area contributed by atoms with Gasteiger partial charge in [-0.1, -0.05) is 27.4 Å². The van der Waals surface area contributed by atoms with Gasteiger partial charge in [0.2, 0.25) is 0 Å². The number of cyclic esters (lactones) is 1. The van der Waals surface area contributed by atoms with Crippen LogP contribution in [0.15, 0.2) is 28.1 Å². The highest BCUT2D eigenvalue weighted by atomic mass is 16.6. The number of aliphatic hydroxyl groups is 1. The van der Waals surface area contributed by atoms with Crippen molar-refractivity contribution in [3.05, 3.63) is 45.5 Å². The first-order valence-electron chi connectivity index (χ1n) is 8.27. The number of ether oxygens (including phenoxy) is 1. The highest BCUT2D eigenvalue weighted by molar-refractivity contribution is 6.03. The molecule has 2 aliphatic heterocycles. The number of aliphatic imine (C=N–C) groups is 1. The summed E-state index contributed by atoms with van der Waals surface area (Å²) in [6.45, 7) is 10.0. The molecule has 0 radical (unpaired) electrons. The normalized spacial score (nSPS) is 26.9. The number of carbonyl (C=O) groups is 1. The molecular weight excluding hydrogens is 308 g/mol. The van der Waals surface area contributed by atoms with Crippen LogP contribution in [0.3, 0.4) is 0 Å². The summed E-state index contributed by atoms with van der Waals surface area (Å²) in [7, 11) is 0. The summed E-state index contributed by atoms with van der Waals surface area (Å²) < 4.78 is 6.69. The molecular formula is C18H22N2O4. The highest BCUT2D eigenvalue weighted by Gasteiger charge is 2.45. The molecule has 0 saturated carbocycles. The largest absolute Gasteiger partial charge is 0.458 e. The topological polar surface area (TPSA) is 80.9 Å². The molecule has 3 rings (SSSR count). The van der Waals surface area contributed by atoms with Crippen molar-refractivity contribution in [3.8, 4) is 0 Å². The molecule has 0 fully saturated rings. The molecule has 0 spiro atoms. The maximum atomic E-state index is 12.8. The predicted molar refractivity (Wildman–Crippen MR) is 89.8 cm³/mol. The Morgan fingerprint density at radius 3 is 2.83 bits per heavy atom. The first-order chi connectivity index (χ1) is 11.3. The lowest BCUT2D eigenvalue weighted by Gasteiger charge is -2.31. The van der Waals surface area contributed by atoms with E-state index in [4.69, 9.17) is 4.74 Å². The maximum Gasteiger partial charge on any atom is 0.343 e. The summed E-state index contributed by atoms with van der Waals surface area (Å²) in [4.78, 5) is 29.5. The molecule has 6 nitrogen and oxygen atoms in total. The molecule has 128 valence electrons. The van der Waals surface area contributed by atoms with Gasteiger partial charge in [-0.05, 0) is 18.9 Å². The number of hydrogen-bond donors (Lipinski definition) is 1. The third-order valence-corrected chi connectivity index (χ3v) is 4.92. The molecule has 1 aromatic rings. The summed E-state index contributed by atoms with van der Waals surface area (Å²) in [5.41, 5.74) is 0.872. The van der Waals surface area contributed by atoms with Crippen LogP contribution < -0.4 is 5.56 Å². The van der Waals surface area contributed by atoms with Crippen molar-refractivity contribution in [3.63, 3.8) is 0 Å². The molecule has 3 heterocycles. The van der Waals surface area contributed by atoms with Gasteiger partial charge < -0.3 is 14.4 Å². The van der Waals surface area contributed by atoms with Crippen molar-refractivity contribution >= 4 is 11.7 Å². The van der Waals surface area contributed by atoms with E-state index in [1.54, 1.807) is 17.6 Å².